The second kappa shape index (κ2) is 4.95. The smallest absolute Gasteiger partial charge is 0.129 e. The molecule has 5 heteroatoms. The quantitative estimate of drug-likeness (QED) is 0.947. The van der Waals surface area contributed by atoms with E-state index < -0.39 is 0 Å². The second-order valence-corrected chi connectivity index (χ2v) is 4.92. The number of thiazole rings is 1. The van der Waals surface area contributed by atoms with Gasteiger partial charge in [0, 0.05) is 9.85 Å². The van der Waals surface area contributed by atoms with E-state index >= 15 is 0 Å². The average molecular weight is 300 g/mol. The average Bonchev–Trinajstić information content (AvgIpc) is 2.77. The van der Waals surface area contributed by atoms with Gasteiger partial charge in [0.2, 0.25) is 0 Å². The fourth-order valence-corrected chi connectivity index (χ4v) is 2.54. The molecular weight excluding hydrogens is 290 g/mol. The van der Waals surface area contributed by atoms with Crippen LogP contribution in [0.25, 0.3) is 10.6 Å². The van der Waals surface area contributed by atoms with Gasteiger partial charge in [0.05, 0.1) is 25.0 Å². The van der Waals surface area contributed by atoms with E-state index in [1.807, 2.05) is 23.6 Å². The SMILES string of the molecule is COc1ccc(Br)cc1-c1nc(CO)cs1. The number of nitrogens with zero attached hydrogens (tertiary/aromatic N) is 1. The summed E-state index contributed by atoms with van der Waals surface area (Å²) in [7, 11) is 1.63. The Bertz CT molecular complexity index is 498. The molecule has 1 aromatic carbocycles. The molecule has 3 nitrogen and oxygen atoms in total. The van der Waals surface area contributed by atoms with Gasteiger partial charge in [0.1, 0.15) is 10.8 Å². The van der Waals surface area contributed by atoms with Crippen LogP contribution in [0.15, 0.2) is 28.1 Å². The van der Waals surface area contributed by atoms with Gasteiger partial charge in [-0.1, -0.05) is 15.9 Å². The van der Waals surface area contributed by atoms with Crippen LogP contribution in [0.2, 0.25) is 0 Å². The summed E-state index contributed by atoms with van der Waals surface area (Å²) in [5, 5.41) is 11.7. The van der Waals surface area contributed by atoms with Crippen LogP contribution in [0.4, 0.5) is 0 Å². The summed E-state index contributed by atoms with van der Waals surface area (Å²) in [6, 6.07) is 5.77. The second-order valence-electron chi connectivity index (χ2n) is 3.15. The number of methoxy groups -OCH3 is 1. The highest BCUT2D eigenvalue weighted by Crippen LogP contribution is 2.34. The van der Waals surface area contributed by atoms with Crippen molar-refractivity contribution in [3.8, 4) is 16.3 Å². The Balaban J connectivity index is 2.49. The topological polar surface area (TPSA) is 42.4 Å². The molecule has 84 valence electrons. The molecule has 0 amide bonds. The summed E-state index contributed by atoms with van der Waals surface area (Å²) in [5.74, 6) is 0.780. The molecule has 0 radical (unpaired) electrons. The summed E-state index contributed by atoms with van der Waals surface area (Å²) in [4.78, 5) is 4.32. The lowest BCUT2D eigenvalue weighted by molar-refractivity contribution is 0.278. The predicted octanol–water partition coefficient (Wildman–Crippen LogP) is 3.07. The molecule has 2 rings (SSSR count). The van der Waals surface area contributed by atoms with Crippen LogP contribution in [0, 0.1) is 0 Å². The van der Waals surface area contributed by atoms with Crippen molar-refractivity contribution in [1.29, 1.82) is 0 Å². The van der Waals surface area contributed by atoms with Gasteiger partial charge >= 0.3 is 0 Å². The maximum atomic E-state index is 8.98. The van der Waals surface area contributed by atoms with E-state index in [9.17, 15) is 0 Å². The molecule has 0 saturated heterocycles. The van der Waals surface area contributed by atoms with Crippen LogP contribution in [0.1, 0.15) is 5.69 Å². The first kappa shape index (κ1) is 11.6. The minimum atomic E-state index is -0.0349. The van der Waals surface area contributed by atoms with Crippen molar-refractivity contribution in [2.24, 2.45) is 0 Å². The van der Waals surface area contributed by atoms with Crippen molar-refractivity contribution in [2.45, 2.75) is 6.61 Å². The van der Waals surface area contributed by atoms with Crippen molar-refractivity contribution in [1.82, 2.24) is 4.98 Å². The molecule has 0 spiro atoms. The van der Waals surface area contributed by atoms with E-state index in [4.69, 9.17) is 9.84 Å². The van der Waals surface area contributed by atoms with Crippen LogP contribution in [0.5, 0.6) is 5.75 Å². The fourth-order valence-electron chi connectivity index (χ4n) is 1.35. The highest BCUT2D eigenvalue weighted by molar-refractivity contribution is 9.10. The standard InChI is InChI=1S/C11H10BrNO2S/c1-15-10-3-2-7(12)4-9(10)11-13-8(5-14)6-16-11/h2-4,6,14H,5H2,1H3. The molecule has 1 heterocycles. The number of hydrogen-bond donors (Lipinski definition) is 1. The Morgan fingerprint density at radius 2 is 2.31 bits per heavy atom. The first-order valence-electron chi connectivity index (χ1n) is 4.63. The van der Waals surface area contributed by atoms with E-state index in [2.05, 4.69) is 20.9 Å². The molecule has 16 heavy (non-hydrogen) atoms. The molecule has 2 aromatic rings. The zero-order valence-electron chi connectivity index (χ0n) is 8.61. The number of aliphatic hydroxyl groups excluding tert-OH is 1. The van der Waals surface area contributed by atoms with Crippen molar-refractivity contribution >= 4 is 27.3 Å². The summed E-state index contributed by atoms with van der Waals surface area (Å²) < 4.78 is 6.26. The summed E-state index contributed by atoms with van der Waals surface area (Å²) >= 11 is 4.91. The lowest BCUT2D eigenvalue weighted by Crippen LogP contribution is -1.88. The Hall–Kier alpha value is -0.910. The molecule has 1 N–H and O–H groups in total. The molecular formula is C11H10BrNO2S. The molecule has 0 fully saturated rings. The largest absolute Gasteiger partial charge is 0.496 e. The minimum Gasteiger partial charge on any atom is -0.496 e. The van der Waals surface area contributed by atoms with E-state index in [0.717, 1.165) is 20.8 Å². The predicted molar refractivity (Wildman–Crippen MR) is 67.7 cm³/mol. The van der Waals surface area contributed by atoms with Crippen molar-refractivity contribution in [3.05, 3.63) is 33.7 Å². The molecule has 0 aliphatic carbocycles. The van der Waals surface area contributed by atoms with Gasteiger partial charge in [-0.25, -0.2) is 4.98 Å². The monoisotopic (exact) mass is 299 g/mol. The number of ether oxygens (including phenoxy) is 1. The zero-order chi connectivity index (χ0) is 11.5. The summed E-state index contributed by atoms with van der Waals surface area (Å²) in [6.45, 7) is -0.0349. The van der Waals surface area contributed by atoms with Crippen molar-refractivity contribution in [2.75, 3.05) is 7.11 Å². The third-order valence-electron chi connectivity index (χ3n) is 2.11. The fraction of sp³-hybridized carbons (Fsp3) is 0.182. The van der Waals surface area contributed by atoms with Gasteiger partial charge in [0.15, 0.2) is 0 Å². The van der Waals surface area contributed by atoms with E-state index in [1.54, 1.807) is 7.11 Å². The number of benzene rings is 1. The van der Waals surface area contributed by atoms with Crippen molar-refractivity contribution in [3.63, 3.8) is 0 Å². The molecule has 0 aliphatic rings. The van der Waals surface area contributed by atoms with Gasteiger partial charge in [0.25, 0.3) is 0 Å². The van der Waals surface area contributed by atoms with E-state index in [0.29, 0.717) is 5.69 Å². The van der Waals surface area contributed by atoms with Gasteiger partial charge in [-0.05, 0) is 18.2 Å². The van der Waals surface area contributed by atoms with Crippen LogP contribution in [-0.4, -0.2) is 17.2 Å². The summed E-state index contributed by atoms with van der Waals surface area (Å²) in [6.07, 6.45) is 0. The van der Waals surface area contributed by atoms with Gasteiger partial charge in [-0.15, -0.1) is 11.3 Å². The molecule has 0 bridgehead atoms. The Kier molecular flexibility index (Phi) is 3.58. The molecule has 0 unspecified atom stereocenters. The molecule has 0 aliphatic heterocycles. The van der Waals surface area contributed by atoms with Crippen LogP contribution in [-0.2, 0) is 6.61 Å². The Labute approximate surface area is 106 Å². The van der Waals surface area contributed by atoms with Crippen LogP contribution >= 0.6 is 27.3 Å². The molecule has 0 atom stereocenters. The minimum absolute atomic E-state index is 0.0349. The van der Waals surface area contributed by atoms with E-state index in [-0.39, 0.29) is 6.61 Å². The lowest BCUT2D eigenvalue weighted by atomic mass is 10.2. The Morgan fingerprint density at radius 3 is 2.94 bits per heavy atom. The van der Waals surface area contributed by atoms with Gasteiger partial charge < -0.3 is 9.84 Å². The maximum Gasteiger partial charge on any atom is 0.129 e. The number of aliphatic hydroxyl groups is 1. The normalized spacial score (nSPS) is 10.4. The Morgan fingerprint density at radius 1 is 1.50 bits per heavy atom. The number of aromatic nitrogens is 1. The first-order valence-corrected chi connectivity index (χ1v) is 6.31. The number of hydrogen-bond acceptors (Lipinski definition) is 4. The van der Waals surface area contributed by atoms with E-state index in [1.165, 1.54) is 11.3 Å². The lowest BCUT2D eigenvalue weighted by Gasteiger charge is -2.05. The molecule has 1 aromatic heterocycles. The third-order valence-corrected chi connectivity index (χ3v) is 3.52. The number of rotatable bonds is 3. The third kappa shape index (κ3) is 2.26. The van der Waals surface area contributed by atoms with Gasteiger partial charge in [-0.3, -0.25) is 0 Å². The highest BCUT2D eigenvalue weighted by atomic mass is 79.9. The van der Waals surface area contributed by atoms with Crippen LogP contribution in [0.3, 0.4) is 0 Å². The maximum absolute atomic E-state index is 8.98. The van der Waals surface area contributed by atoms with Crippen LogP contribution < -0.4 is 4.74 Å². The zero-order valence-corrected chi connectivity index (χ0v) is 11.0. The van der Waals surface area contributed by atoms with Gasteiger partial charge in [-0.2, -0.15) is 0 Å². The molecule has 0 saturated carbocycles. The summed E-state index contributed by atoms with van der Waals surface area (Å²) in [5.41, 5.74) is 1.61. The first-order chi connectivity index (χ1) is 7.74. The highest BCUT2D eigenvalue weighted by Gasteiger charge is 2.10. The van der Waals surface area contributed by atoms with Crippen molar-refractivity contribution < 1.29 is 9.84 Å². The number of halogens is 1.